The minimum Gasteiger partial charge on any atom is -0.444 e. The predicted octanol–water partition coefficient (Wildman–Crippen LogP) is 2.24. The molecule has 1 fully saturated rings. The van der Waals surface area contributed by atoms with E-state index in [1.165, 1.54) is 4.90 Å². The summed E-state index contributed by atoms with van der Waals surface area (Å²) < 4.78 is 7.07. The Morgan fingerprint density at radius 3 is 2.79 bits per heavy atom. The van der Waals surface area contributed by atoms with E-state index in [0.717, 1.165) is 17.5 Å². The van der Waals surface area contributed by atoms with Gasteiger partial charge in [0.05, 0.1) is 11.0 Å². The molecule has 8 heteroatoms. The SMILES string of the molecule is CC(C)(C)OC(=O)N1CCCC1C(=O)NCCCn1c(=O)[nH]c2ccccc21. The Labute approximate surface area is 163 Å². The highest BCUT2D eigenvalue weighted by Crippen LogP contribution is 2.21. The van der Waals surface area contributed by atoms with Gasteiger partial charge < -0.3 is 15.0 Å². The van der Waals surface area contributed by atoms with Gasteiger partial charge in [-0.15, -0.1) is 0 Å². The number of amides is 2. The number of para-hydroxylation sites is 2. The molecule has 152 valence electrons. The maximum absolute atomic E-state index is 12.5. The summed E-state index contributed by atoms with van der Waals surface area (Å²) in [6.45, 7) is 6.89. The van der Waals surface area contributed by atoms with E-state index in [-0.39, 0.29) is 11.6 Å². The summed E-state index contributed by atoms with van der Waals surface area (Å²) in [5.74, 6) is -0.172. The van der Waals surface area contributed by atoms with E-state index in [1.807, 2.05) is 45.0 Å². The first-order valence-corrected chi connectivity index (χ1v) is 9.71. The van der Waals surface area contributed by atoms with Crippen LogP contribution >= 0.6 is 0 Å². The zero-order valence-corrected chi connectivity index (χ0v) is 16.7. The number of aromatic amines is 1. The number of fused-ring (bicyclic) bond motifs is 1. The number of likely N-dealkylation sites (tertiary alicyclic amines) is 1. The Balaban J connectivity index is 1.52. The third-order valence-corrected chi connectivity index (χ3v) is 4.72. The molecule has 28 heavy (non-hydrogen) atoms. The first kappa shape index (κ1) is 20.0. The van der Waals surface area contributed by atoms with E-state index in [1.54, 1.807) is 4.57 Å². The van der Waals surface area contributed by atoms with Crippen molar-refractivity contribution in [2.75, 3.05) is 13.1 Å². The first-order chi connectivity index (χ1) is 13.3. The van der Waals surface area contributed by atoms with Gasteiger partial charge in [-0.05, 0) is 52.2 Å². The zero-order chi connectivity index (χ0) is 20.3. The third-order valence-electron chi connectivity index (χ3n) is 4.72. The standard InChI is InChI=1S/C20H28N4O4/c1-20(2,3)28-19(27)24-12-6-10-16(24)17(25)21-11-7-13-23-15-9-5-4-8-14(15)22-18(23)26/h4-5,8-9,16H,6-7,10-13H2,1-3H3,(H,21,25)(H,22,26). The van der Waals surface area contributed by atoms with Crippen LogP contribution < -0.4 is 11.0 Å². The van der Waals surface area contributed by atoms with Crippen LogP contribution in [0.25, 0.3) is 11.0 Å². The minimum atomic E-state index is -0.590. The van der Waals surface area contributed by atoms with Crippen molar-refractivity contribution in [3.8, 4) is 0 Å². The summed E-state index contributed by atoms with van der Waals surface area (Å²) in [4.78, 5) is 41.2. The van der Waals surface area contributed by atoms with Crippen molar-refractivity contribution in [2.45, 2.75) is 58.2 Å². The molecule has 1 aliphatic rings. The topological polar surface area (TPSA) is 96.4 Å². The van der Waals surface area contributed by atoms with Crippen molar-refractivity contribution in [3.05, 3.63) is 34.7 Å². The summed E-state index contributed by atoms with van der Waals surface area (Å²) in [5, 5.41) is 2.89. The van der Waals surface area contributed by atoms with Crippen molar-refractivity contribution >= 4 is 23.0 Å². The second-order valence-corrected chi connectivity index (χ2v) is 8.08. The molecule has 8 nitrogen and oxygen atoms in total. The third kappa shape index (κ3) is 4.55. The van der Waals surface area contributed by atoms with Gasteiger partial charge >= 0.3 is 11.8 Å². The number of aromatic nitrogens is 2. The van der Waals surface area contributed by atoms with Gasteiger partial charge in [-0.25, -0.2) is 9.59 Å². The van der Waals surface area contributed by atoms with Crippen LogP contribution in [0.15, 0.2) is 29.1 Å². The lowest BCUT2D eigenvalue weighted by Crippen LogP contribution is -2.47. The quantitative estimate of drug-likeness (QED) is 0.768. The van der Waals surface area contributed by atoms with E-state index in [0.29, 0.717) is 32.5 Å². The van der Waals surface area contributed by atoms with E-state index >= 15 is 0 Å². The second kappa shape index (κ2) is 8.08. The van der Waals surface area contributed by atoms with E-state index < -0.39 is 17.7 Å². The fourth-order valence-corrected chi connectivity index (χ4v) is 3.47. The van der Waals surface area contributed by atoms with Crippen molar-refractivity contribution in [1.29, 1.82) is 0 Å². The summed E-state index contributed by atoms with van der Waals surface area (Å²) in [6.07, 6.45) is 1.58. The van der Waals surface area contributed by atoms with Gasteiger partial charge in [-0.1, -0.05) is 12.1 Å². The zero-order valence-electron chi connectivity index (χ0n) is 16.7. The number of rotatable bonds is 5. The summed E-state index contributed by atoms with van der Waals surface area (Å²) in [6, 6.07) is 7.02. The molecule has 2 heterocycles. The van der Waals surface area contributed by atoms with Crippen LogP contribution in [0.5, 0.6) is 0 Å². The van der Waals surface area contributed by atoms with Gasteiger partial charge in [-0.2, -0.15) is 0 Å². The molecule has 0 spiro atoms. The molecule has 3 rings (SSSR count). The van der Waals surface area contributed by atoms with Crippen molar-refractivity contribution in [3.63, 3.8) is 0 Å². The van der Waals surface area contributed by atoms with Crippen molar-refractivity contribution < 1.29 is 14.3 Å². The predicted molar refractivity (Wildman–Crippen MR) is 106 cm³/mol. The number of imidazole rings is 1. The highest BCUT2D eigenvalue weighted by molar-refractivity contribution is 5.86. The van der Waals surface area contributed by atoms with Crippen LogP contribution in [0, 0.1) is 0 Å². The van der Waals surface area contributed by atoms with Gasteiger partial charge in [0.15, 0.2) is 0 Å². The van der Waals surface area contributed by atoms with Crippen LogP contribution in [0.1, 0.15) is 40.0 Å². The fourth-order valence-electron chi connectivity index (χ4n) is 3.47. The first-order valence-electron chi connectivity index (χ1n) is 9.71. The van der Waals surface area contributed by atoms with E-state index in [9.17, 15) is 14.4 Å². The summed E-state index contributed by atoms with van der Waals surface area (Å²) in [5.41, 5.74) is 0.911. The number of carbonyl (C=O) groups is 2. The molecule has 0 radical (unpaired) electrons. The number of nitrogens with zero attached hydrogens (tertiary/aromatic N) is 2. The van der Waals surface area contributed by atoms with Gasteiger partial charge in [0.25, 0.3) is 0 Å². The molecule has 0 bridgehead atoms. The molecule has 1 aromatic carbocycles. The van der Waals surface area contributed by atoms with E-state index in [2.05, 4.69) is 10.3 Å². The van der Waals surface area contributed by atoms with Crippen molar-refractivity contribution in [2.24, 2.45) is 0 Å². The average Bonchev–Trinajstić information content (AvgIpc) is 3.22. The molecule has 1 saturated heterocycles. The lowest BCUT2D eigenvalue weighted by atomic mass is 10.2. The monoisotopic (exact) mass is 388 g/mol. The van der Waals surface area contributed by atoms with E-state index in [4.69, 9.17) is 4.74 Å². The highest BCUT2D eigenvalue weighted by Gasteiger charge is 2.36. The summed E-state index contributed by atoms with van der Waals surface area (Å²) in [7, 11) is 0. The van der Waals surface area contributed by atoms with Crippen LogP contribution in [0.2, 0.25) is 0 Å². The molecule has 0 aliphatic carbocycles. The number of H-pyrrole nitrogens is 1. The Kier molecular flexibility index (Phi) is 5.76. The number of benzene rings is 1. The molecule has 1 atom stereocenters. The number of ether oxygens (including phenoxy) is 1. The highest BCUT2D eigenvalue weighted by atomic mass is 16.6. The molecular formula is C20H28N4O4. The van der Waals surface area contributed by atoms with Crippen LogP contribution in [0.4, 0.5) is 4.79 Å². The summed E-state index contributed by atoms with van der Waals surface area (Å²) >= 11 is 0. The average molecular weight is 388 g/mol. The lowest BCUT2D eigenvalue weighted by molar-refractivity contribution is -0.125. The van der Waals surface area contributed by atoms with Crippen molar-refractivity contribution in [1.82, 2.24) is 19.8 Å². The normalized spacial score (nSPS) is 17.1. The van der Waals surface area contributed by atoms with Crippen LogP contribution in [0.3, 0.4) is 0 Å². The molecule has 2 aromatic rings. The van der Waals surface area contributed by atoms with Gasteiger partial charge in [0, 0.05) is 19.6 Å². The Hall–Kier alpha value is -2.77. The molecule has 1 unspecified atom stereocenters. The number of aryl methyl sites for hydroxylation is 1. The van der Waals surface area contributed by atoms with Gasteiger partial charge in [0.1, 0.15) is 11.6 Å². The number of nitrogens with one attached hydrogen (secondary N) is 2. The number of hydrogen-bond acceptors (Lipinski definition) is 4. The molecule has 2 amide bonds. The molecule has 1 aliphatic heterocycles. The molecule has 0 saturated carbocycles. The van der Waals surface area contributed by atoms with Crippen LogP contribution in [-0.2, 0) is 16.1 Å². The maximum atomic E-state index is 12.5. The Morgan fingerprint density at radius 1 is 1.29 bits per heavy atom. The number of hydrogen-bond donors (Lipinski definition) is 2. The lowest BCUT2D eigenvalue weighted by Gasteiger charge is -2.28. The second-order valence-electron chi connectivity index (χ2n) is 8.08. The Bertz CT molecular complexity index is 909. The largest absolute Gasteiger partial charge is 0.444 e. The van der Waals surface area contributed by atoms with Gasteiger partial charge in [-0.3, -0.25) is 14.3 Å². The van der Waals surface area contributed by atoms with Gasteiger partial charge in [0.2, 0.25) is 5.91 Å². The molecule has 2 N–H and O–H groups in total. The smallest absolute Gasteiger partial charge is 0.410 e. The molecular weight excluding hydrogens is 360 g/mol. The van der Waals surface area contributed by atoms with Crippen LogP contribution in [-0.4, -0.2) is 51.2 Å². The fraction of sp³-hybridized carbons (Fsp3) is 0.550. The maximum Gasteiger partial charge on any atom is 0.410 e. The Morgan fingerprint density at radius 2 is 2.04 bits per heavy atom. The minimum absolute atomic E-state index is 0.153. The number of carbonyl (C=O) groups excluding carboxylic acids is 2. The molecule has 1 aromatic heterocycles.